The van der Waals surface area contributed by atoms with Gasteiger partial charge in [0.2, 0.25) is 10.0 Å². The SMILES string of the molecule is CC1(C)CCCC1NS(=O)(=O)CCCCCl. The van der Waals surface area contributed by atoms with Gasteiger partial charge in [0.1, 0.15) is 0 Å². The third-order valence-electron chi connectivity index (χ3n) is 3.38. The summed E-state index contributed by atoms with van der Waals surface area (Å²) in [7, 11) is -3.12. The van der Waals surface area contributed by atoms with Crippen molar-refractivity contribution in [3.05, 3.63) is 0 Å². The lowest BCUT2D eigenvalue weighted by Gasteiger charge is -2.27. The Labute approximate surface area is 104 Å². The van der Waals surface area contributed by atoms with Crippen molar-refractivity contribution in [1.82, 2.24) is 4.72 Å². The molecule has 0 bridgehead atoms. The Morgan fingerprint density at radius 1 is 1.38 bits per heavy atom. The van der Waals surface area contributed by atoms with Crippen LogP contribution in [0.5, 0.6) is 0 Å². The van der Waals surface area contributed by atoms with E-state index in [2.05, 4.69) is 18.6 Å². The first-order chi connectivity index (χ1) is 7.37. The predicted molar refractivity (Wildman–Crippen MR) is 68.3 cm³/mol. The van der Waals surface area contributed by atoms with E-state index in [1.807, 2.05) is 0 Å². The highest BCUT2D eigenvalue weighted by atomic mass is 35.5. The molecule has 16 heavy (non-hydrogen) atoms. The number of rotatable bonds is 6. The number of hydrogen-bond acceptors (Lipinski definition) is 2. The van der Waals surface area contributed by atoms with Gasteiger partial charge in [0, 0.05) is 11.9 Å². The zero-order valence-electron chi connectivity index (χ0n) is 10.1. The molecular weight excluding hydrogens is 246 g/mol. The first kappa shape index (κ1) is 14.3. The number of halogens is 1. The third-order valence-corrected chi connectivity index (χ3v) is 5.11. The van der Waals surface area contributed by atoms with Crippen LogP contribution in [0.1, 0.15) is 46.0 Å². The van der Waals surface area contributed by atoms with Crippen LogP contribution < -0.4 is 4.72 Å². The molecule has 0 radical (unpaired) electrons. The average Bonchev–Trinajstić information content (AvgIpc) is 2.45. The number of alkyl halides is 1. The smallest absolute Gasteiger partial charge is 0.211 e. The molecule has 0 saturated heterocycles. The molecule has 1 unspecified atom stereocenters. The Hall–Kier alpha value is 0.200. The van der Waals surface area contributed by atoms with E-state index < -0.39 is 10.0 Å². The maximum absolute atomic E-state index is 11.8. The quantitative estimate of drug-likeness (QED) is 0.594. The first-order valence-corrected chi connectivity index (χ1v) is 8.12. The summed E-state index contributed by atoms with van der Waals surface area (Å²) in [5, 5.41) is 0. The van der Waals surface area contributed by atoms with Gasteiger partial charge in [0.15, 0.2) is 0 Å². The van der Waals surface area contributed by atoms with Crippen LogP contribution in [0.2, 0.25) is 0 Å². The van der Waals surface area contributed by atoms with E-state index in [1.165, 1.54) is 0 Å². The van der Waals surface area contributed by atoms with Crippen LogP contribution in [-0.2, 0) is 10.0 Å². The van der Waals surface area contributed by atoms with Gasteiger partial charge >= 0.3 is 0 Å². The summed E-state index contributed by atoms with van der Waals surface area (Å²) in [6.45, 7) is 4.26. The topological polar surface area (TPSA) is 46.2 Å². The molecule has 0 amide bonds. The lowest BCUT2D eigenvalue weighted by atomic mass is 9.88. The maximum atomic E-state index is 11.8. The summed E-state index contributed by atoms with van der Waals surface area (Å²) in [5.74, 6) is 0.733. The van der Waals surface area contributed by atoms with Crippen LogP contribution in [0.3, 0.4) is 0 Å². The molecule has 1 rings (SSSR count). The second-order valence-corrected chi connectivity index (χ2v) is 7.52. The minimum Gasteiger partial charge on any atom is -0.212 e. The zero-order chi connectivity index (χ0) is 12.2. The van der Waals surface area contributed by atoms with E-state index in [0.29, 0.717) is 12.3 Å². The van der Waals surface area contributed by atoms with E-state index in [4.69, 9.17) is 11.6 Å². The molecule has 1 saturated carbocycles. The van der Waals surface area contributed by atoms with Crippen molar-refractivity contribution in [2.24, 2.45) is 5.41 Å². The van der Waals surface area contributed by atoms with Crippen molar-refractivity contribution in [2.75, 3.05) is 11.6 Å². The van der Waals surface area contributed by atoms with Crippen molar-refractivity contribution in [3.8, 4) is 0 Å². The first-order valence-electron chi connectivity index (χ1n) is 5.93. The van der Waals surface area contributed by atoms with Crippen LogP contribution in [-0.4, -0.2) is 26.1 Å². The molecule has 0 spiro atoms. The summed E-state index contributed by atoms with van der Waals surface area (Å²) in [5.41, 5.74) is 0.0968. The number of sulfonamides is 1. The van der Waals surface area contributed by atoms with Gasteiger partial charge in [-0.05, 0) is 31.1 Å². The lowest BCUT2D eigenvalue weighted by molar-refractivity contribution is 0.313. The summed E-state index contributed by atoms with van der Waals surface area (Å²) in [4.78, 5) is 0. The van der Waals surface area contributed by atoms with E-state index >= 15 is 0 Å². The highest BCUT2D eigenvalue weighted by Gasteiger charge is 2.36. The number of hydrogen-bond donors (Lipinski definition) is 1. The number of unbranched alkanes of at least 4 members (excludes halogenated alkanes) is 1. The van der Waals surface area contributed by atoms with Gasteiger partial charge in [-0.2, -0.15) is 0 Å². The predicted octanol–water partition coefficient (Wildman–Crippen LogP) is 2.50. The second kappa shape index (κ2) is 5.69. The molecular formula is C11H22ClNO2S. The highest BCUT2D eigenvalue weighted by molar-refractivity contribution is 7.89. The van der Waals surface area contributed by atoms with Gasteiger partial charge in [-0.1, -0.05) is 20.3 Å². The number of nitrogens with one attached hydrogen (secondary N) is 1. The molecule has 3 nitrogen and oxygen atoms in total. The Morgan fingerprint density at radius 3 is 2.56 bits per heavy atom. The van der Waals surface area contributed by atoms with Crippen LogP contribution in [0.25, 0.3) is 0 Å². The highest BCUT2D eigenvalue weighted by Crippen LogP contribution is 2.37. The minimum atomic E-state index is -3.12. The van der Waals surface area contributed by atoms with Crippen LogP contribution in [0, 0.1) is 5.41 Å². The molecule has 1 N–H and O–H groups in total. The van der Waals surface area contributed by atoms with Gasteiger partial charge in [0.25, 0.3) is 0 Å². The molecule has 0 aromatic rings. The molecule has 1 fully saturated rings. The van der Waals surface area contributed by atoms with Crippen molar-refractivity contribution < 1.29 is 8.42 Å². The Balaban J connectivity index is 2.46. The maximum Gasteiger partial charge on any atom is 0.211 e. The Morgan fingerprint density at radius 2 is 2.06 bits per heavy atom. The zero-order valence-corrected chi connectivity index (χ0v) is 11.7. The normalized spacial score (nSPS) is 24.8. The average molecular weight is 268 g/mol. The minimum absolute atomic E-state index is 0.0968. The largest absolute Gasteiger partial charge is 0.212 e. The van der Waals surface area contributed by atoms with Gasteiger partial charge in [-0.25, -0.2) is 13.1 Å². The van der Waals surface area contributed by atoms with Crippen LogP contribution >= 0.6 is 11.6 Å². The Bertz CT molecular complexity index is 314. The molecule has 1 aliphatic rings. The molecule has 1 atom stereocenters. The van der Waals surface area contributed by atoms with Gasteiger partial charge in [0.05, 0.1) is 5.75 Å². The van der Waals surface area contributed by atoms with Crippen molar-refractivity contribution >= 4 is 21.6 Å². The van der Waals surface area contributed by atoms with E-state index in [-0.39, 0.29) is 17.2 Å². The van der Waals surface area contributed by atoms with Crippen molar-refractivity contribution in [2.45, 2.75) is 52.0 Å². The fraction of sp³-hybridized carbons (Fsp3) is 1.00. The monoisotopic (exact) mass is 267 g/mol. The standard InChI is InChI=1S/C11H22ClNO2S/c1-11(2)7-5-6-10(11)13-16(14,15)9-4-3-8-12/h10,13H,3-9H2,1-2H3. The van der Waals surface area contributed by atoms with Crippen molar-refractivity contribution in [1.29, 1.82) is 0 Å². The second-order valence-electron chi connectivity index (χ2n) is 5.27. The van der Waals surface area contributed by atoms with Crippen molar-refractivity contribution in [3.63, 3.8) is 0 Å². The fourth-order valence-corrected chi connectivity index (χ4v) is 3.97. The fourth-order valence-electron chi connectivity index (χ4n) is 2.21. The molecule has 0 aromatic heterocycles. The third kappa shape index (κ3) is 4.22. The molecule has 0 aliphatic heterocycles. The summed E-state index contributed by atoms with van der Waals surface area (Å²) in [6.07, 6.45) is 4.58. The molecule has 0 aromatic carbocycles. The summed E-state index contributed by atoms with van der Waals surface area (Å²) < 4.78 is 26.4. The molecule has 0 heterocycles. The Kier molecular flexibility index (Phi) is 5.08. The van der Waals surface area contributed by atoms with Crippen LogP contribution in [0.4, 0.5) is 0 Å². The lowest BCUT2D eigenvalue weighted by Crippen LogP contribution is -2.42. The van der Waals surface area contributed by atoms with E-state index in [0.717, 1.165) is 25.7 Å². The molecule has 1 aliphatic carbocycles. The summed E-state index contributed by atoms with van der Waals surface area (Å²) >= 11 is 5.53. The van der Waals surface area contributed by atoms with E-state index in [1.54, 1.807) is 0 Å². The van der Waals surface area contributed by atoms with E-state index in [9.17, 15) is 8.42 Å². The van der Waals surface area contributed by atoms with Gasteiger partial charge < -0.3 is 0 Å². The molecule has 5 heteroatoms. The van der Waals surface area contributed by atoms with Gasteiger partial charge in [-0.3, -0.25) is 0 Å². The molecule has 96 valence electrons. The van der Waals surface area contributed by atoms with Gasteiger partial charge in [-0.15, -0.1) is 11.6 Å². The van der Waals surface area contributed by atoms with Crippen LogP contribution in [0.15, 0.2) is 0 Å². The summed E-state index contributed by atoms with van der Waals surface area (Å²) in [6, 6.07) is 0.105.